The second-order valence-electron chi connectivity index (χ2n) is 3.50. The third-order valence-electron chi connectivity index (χ3n) is 2.40. The maximum absolute atomic E-state index is 9.66. The summed E-state index contributed by atoms with van der Waals surface area (Å²) in [6.45, 7) is 0. The van der Waals surface area contributed by atoms with E-state index in [0.717, 1.165) is 5.52 Å². The zero-order valence-corrected chi connectivity index (χ0v) is 8.94. The van der Waals surface area contributed by atoms with Crippen molar-refractivity contribution in [3.63, 3.8) is 0 Å². The van der Waals surface area contributed by atoms with E-state index >= 15 is 0 Å². The van der Waals surface area contributed by atoms with E-state index in [9.17, 15) is 5.11 Å². The van der Waals surface area contributed by atoms with Gasteiger partial charge in [0.2, 0.25) is 0 Å². The maximum Gasteiger partial charge on any atom is 0.143 e. The van der Waals surface area contributed by atoms with Crippen LogP contribution in [0.1, 0.15) is 0 Å². The molecular weight excluding hydrogens is 224 g/mol. The van der Waals surface area contributed by atoms with Crippen molar-refractivity contribution < 1.29 is 5.11 Å². The molecule has 0 radical (unpaired) electrons. The first-order chi connectivity index (χ1) is 7.74. The number of hydrogen-bond acceptors (Lipinski definition) is 3. The van der Waals surface area contributed by atoms with Gasteiger partial charge in [-0.3, -0.25) is 0 Å². The van der Waals surface area contributed by atoms with Crippen LogP contribution in [0, 0.1) is 0 Å². The minimum atomic E-state index is 0.131. The van der Waals surface area contributed by atoms with Crippen LogP contribution in [0.4, 0.5) is 0 Å². The molecule has 0 aliphatic rings. The number of halogens is 1. The molecule has 2 aromatic carbocycles. The second-order valence-corrected chi connectivity index (χ2v) is 3.94. The molecule has 0 aliphatic carbocycles. The van der Waals surface area contributed by atoms with Gasteiger partial charge >= 0.3 is 0 Å². The first kappa shape index (κ1) is 9.36. The van der Waals surface area contributed by atoms with Crippen molar-refractivity contribution in [2.24, 2.45) is 0 Å². The molecule has 0 unspecified atom stereocenters. The first-order valence-electron chi connectivity index (χ1n) is 4.79. The molecule has 3 rings (SSSR count). The number of aromatic nitrogens is 2. The zero-order chi connectivity index (χ0) is 11.1. The normalized spacial score (nSPS) is 11.1. The van der Waals surface area contributed by atoms with Gasteiger partial charge in [0.25, 0.3) is 0 Å². The Morgan fingerprint density at radius 2 is 1.81 bits per heavy atom. The van der Waals surface area contributed by atoms with Gasteiger partial charge in [0.1, 0.15) is 11.3 Å². The summed E-state index contributed by atoms with van der Waals surface area (Å²) in [7, 11) is 0. The van der Waals surface area contributed by atoms with Crippen LogP contribution in [-0.2, 0) is 0 Å². The predicted molar refractivity (Wildman–Crippen MR) is 63.7 cm³/mol. The maximum atomic E-state index is 9.66. The molecular formula is C12H7ClN2O. The number of para-hydroxylation sites is 1. The molecule has 1 aromatic heterocycles. The van der Waals surface area contributed by atoms with Gasteiger partial charge in [0, 0.05) is 5.02 Å². The van der Waals surface area contributed by atoms with Gasteiger partial charge in [-0.2, -0.15) is 0 Å². The van der Waals surface area contributed by atoms with Gasteiger partial charge in [-0.15, -0.1) is 0 Å². The SMILES string of the molecule is Oc1cccc2nc3ccc(Cl)cc3nc12. The van der Waals surface area contributed by atoms with Gasteiger partial charge in [-0.05, 0) is 30.3 Å². The molecule has 0 atom stereocenters. The van der Waals surface area contributed by atoms with Crippen LogP contribution >= 0.6 is 11.6 Å². The Bertz CT molecular complexity index is 697. The molecule has 3 aromatic rings. The number of phenolic OH excluding ortho intramolecular Hbond substituents is 1. The van der Waals surface area contributed by atoms with Crippen molar-refractivity contribution in [1.29, 1.82) is 0 Å². The topological polar surface area (TPSA) is 46.0 Å². The lowest BCUT2D eigenvalue weighted by Gasteiger charge is -2.02. The highest BCUT2D eigenvalue weighted by atomic mass is 35.5. The fraction of sp³-hybridized carbons (Fsp3) is 0. The highest BCUT2D eigenvalue weighted by molar-refractivity contribution is 6.31. The third kappa shape index (κ3) is 1.37. The Hall–Kier alpha value is -1.87. The van der Waals surface area contributed by atoms with Crippen molar-refractivity contribution in [1.82, 2.24) is 9.97 Å². The zero-order valence-electron chi connectivity index (χ0n) is 8.18. The minimum absolute atomic E-state index is 0.131. The molecule has 1 N–H and O–H groups in total. The number of rotatable bonds is 0. The standard InChI is InChI=1S/C12H7ClN2O/c13-7-4-5-8-10(6-7)15-12-9(14-8)2-1-3-11(12)16/h1-6,16H. The van der Waals surface area contributed by atoms with Gasteiger partial charge in [0.15, 0.2) is 0 Å². The Balaban J connectivity index is 2.49. The molecule has 3 nitrogen and oxygen atoms in total. The molecule has 1 heterocycles. The van der Waals surface area contributed by atoms with Crippen molar-refractivity contribution >= 4 is 33.7 Å². The van der Waals surface area contributed by atoms with E-state index in [4.69, 9.17) is 11.6 Å². The van der Waals surface area contributed by atoms with Crippen molar-refractivity contribution in [3.8, 4) is 5.75 Å². The molecule has 0 amide bonds. The van der Waals surface area contributed by atoms with E-state index < -0.39 is 0 Å². The van der Waals surface area contributed by atoms with E-state index in [0.29, 0.717) is 21.6 Å². The van der Waals surface area contributed by atoms with Crippen LogP contribution < -0.4 is 0 Å². The molecule has 16 heavy (non-hydrogen) atoms. The molecule has 0 spiro atoms. The highest BCUT2D eigenvalue weighted by Gasteiger charge is 2.05. The summed E-state index contributed by atoms with van der Waals surface area (Å²) in [4.78, 5) is 8.74. The fourth-order valence-electron chi connectivity index (χ4n) is 1.66. The fourth-order valence-corrected chi connectivity index (χ4v) is 1.82. The lowest BCUT2D eigenvalue weighted by molar-refractivity contribution is 0.480. The quantitative estimate of drug-likeness (QED) is 0.604. The highest BCUT2D eigenvalue weighted by Crippen LogP contribution is 2.24. The van der Waals surface area contributed by atoms with E-state index in [2.05, 4.69) is 9.97 Å². The van der Waals surface area contributed by atoms with E-state index in [1.165, 1.54) is 0 Å². The summed E-state index contributed by atoms with van der Waals surface area (Å²) < 4.78 is 0. The Morgan fingerprint density at radius 3 is 2.69 bits per heavy atom. The molecule has 78 valence electrons. The van der Waals surface area contributed by atoms with Crippen LogP contribution in [0.15, 0.2) is 36.4 Å². The average molecular weight is 231 g/mol. The molecule has 0 saturated carbocycles. The second kappa shape index (κ2) is 3.32. The summed E-state index contributed by atoms with van der Waals surface area (Å²) >= 11 is 5.88. The van der Waals surface area contributed by atoms with Gasteiger partial charge in [-0.25, -0.2) is 9.97 Å². The average Bonchev–Trinajstić information content (AvgIpc) is 2.28. The van der Waals surface area contributed by atoms with E-state index in [-0.39, 0.29) is 5.75 Å². The number of fused-ring (bicyclic) bond motifs is 2. The van der Waals surface area contributed by atoms with E-state index in [1.54, 1.807) is 24.3 Å². The van der Waals surface area contributed by atoms with Crippen molar-refractivity contribution in [3.05, 3.63) is 41.4 Å². The molecule has 0 aliphatic heterocycles. The summed E-state index contributed by atoms with van der Waals surface area (Å²) in [5.41, 5.74) is 2.62. The number of benzene rings is 2. The number of aromatic hydroxyl groups is 1. The Labute approximate surface area is 96.3 Å². The van der Waals surface area contributed by atoms with Crippen molar-refractivity contribution in [2.45, 2.75) is 0 Å². The largest absolute Gasteiger partial charge is 0.506 e. The van der Waals surface area contributed by atoms with Crippen LogP contribution in [0.5, 0.6) is 5.75 Å². The lowest BCUT2D eigenvalue weighted by Crippen LogP contribution is -1.87. The Morgan fingerprint density at radius 1 is 0.938 bits per heavy atom. The summed E-state index contributed by atoms with van der Waals surface area (Å²) in [6.07, 6.45) is 0. The van der Waals surface area contributed by atoms with Crippen LogP contribution in [0.25, 0.3) is 22.1 Å². The minimum Gasteiger partial charge on any atom is -0.506 e. The van der Waals surface area contributed by atoms with Crippen molar-refractivity contribution in [2.75, 3.05) is 0 Å². The molecule has 0 bridgehead atoms. The lowest BCUT2D eigenvalue weighted by atomic mass is 10.2. The smallest absolute Gasteiger partial charge is 0.143 e. The number of hydrogen-bond donors (Lipinski definition) is 1. The monoisotopic (exact) mass is 230 g/mol. The van der Waals surface area contributed by atoms with E-state index in [1.807, 2.05) is 12.1 Å². The van der Waals surface area contributed by atoms with Gasteiger partial charge < -0.3 is 5.11 Å². The Kier molecular flexibility index (Phi) is 1.94. The first-order valence-corrected chi connectivity index (χ1v) is 5.17. The van der Waals surface area contributed by atoms with Crippen LogP contribution in [0.3, 0.4) is 0 Å². The summed E-state index contributed by atoms with van der Waals surface area (Å²) in [5, 5.41) is 10.3. The van der Waals surface area contributed by atoms with Gasteiger partial charge in [-0.1, -0.05) is 17.7 Å². The summed E-state index contributed by atoms with van der Waals surface area (Å²) in [5.74, 6) is 0.131. The molecule has 4 heteroatoms. The number of phenols is 1. The molecule has 0 fully saturated rings. The third-order valence-corrected chi connectivity index (χ3v) is 2.64. The van der Waals surface area contributed by atoms with Crippen LogP contribution in [-0.4, -0.2) is 15.1 Å². The van der Waals surface area contributed by atoms with Crippen LogP contribution in [0.2, 0.25) is 5.02 Å². The summed E-state index contributed by atoms with van der Waals surface area (Å²) in [6, 6.07) is 10.5. The molecule has 0 saturated heterocycles. The number of nitrogens with zero attached hydrogens (tertiary/aromatic N) is 2. The predicted octanol–water partition coefficient (Wildman–Crippen LogP) is 3.14. The van der Waals surface area contributed by atoms with Gasteiger partial charge in [0.05, 0.1) is 16.6 Å².